The predicted octanol–water partition coefficient (Wildman–Crippen LogP) is 4.36. The van der Waals surface area contributed by atoms with Crippen molar-refractivity contribution in [3.63, 3.8) is 0 Å². The number of benzene rings is 2. The molecule has 4 nitrogen and oxygen atoms in total. The summed E-state index contributed by atoms with van der Waals surface area (Å²) < 4.78 is 11.7. The van der Waals surface area contributed by atoms with Gasteiger partial charge in [0.25, 0.3) is 0 Å². The Labute approximate surface area is 136 Å². The molecule has 0 bridgehead atoms. The number of anilines is 1. The number of nitrogens with zero attached hydrogens (tertiary/aromatic N) is 1. The van der Waals surface area contributed by atoms with Crippen LogP contribution in [0.5, 0.6) is 5.75 Å². The lowest BCUT2D eigenvalue weighted by Gasteiger charge is -2.05. The number of rotatable bonds is 4. The van der Waals surface area contributed by atoms with Crippen LogP contribution in [0.2, 0.25) is 0 Å². The van der Waals surface area contributed by atoms with Crippen molar-refractivity contribution < 1.29 is 9.26 Å². The van der Waals surface area contributed by atoms with Crippen LogP contribution in [0.3, 0.4) is 0 Å². The molecule has 5 heteroatoms. The maximum Gasteiger partial charge on any atom is 0.182 e. The Bertz CT molecular complexity index is 766. The zero-order valence-corrected chi connectivity index (χ0v) is 14.0. The van der Waals surface area contributed by atoms with Gasteiger partial charge in [-0.25, -0.2) is 0 Å². The van der Waals surface area contributed by atoms with E-state index in [4.69, 9.17) is 9.26 Å². The number of halogens is 1. The minimum absolute atomic E-state index is 0.691. The summed E-state index contributed by atoms with van der Waals surface area (Å²) in [4.78, 5) is 0. The van der Waals surface area contributed by atoms with Gasteiger partial charge < -0.3 is 14.6 Å². The van der Waals surface area contributed by atoms with Crippen molar-refractivity contribution >= 4 is 39.4 Å². The van der Waals surface area contributed by atoms with Crippen molar-refractivity contribution in [1.29, 1.82) is 0 Å². The summed E-state index contributed by atoms with van der Waals surface area (Å²) in [5.41, 5.74) is 3.20. The lowest BCUT2D eigenvalue weighted by Crippen LogP contribution is -1.99. The number of aromatic nitrogens is 1. The maximum absolute atomic E-state index is 5.45. The third-order valence-electron chi connectivity index (χ3n) is 3.39. The average molecular weight is 394 g/mol. The zero-order valence-electron chi connectivity index (χ0n) is 11.8. The molecule has 0 radical (unpaired) electrons. The largest absolute Gasteiger partial charge is 0.497 e. The van der Waals surface area contributed by atoms with Gasteiger partial charge in [-0.1, -0.05) is 23.4 Å². The van der Waals surface area contributed by atoms with Gasteiger partial charge in [0.1, 0.15) is 5.75 Å². The Hall–Kier alpha value is -1.76. The van der Waals surface area contributed by atoms with E-state index in [-0.39, 0.29) is 0 Å². The van der Waals surface area contributed by atoms with Crippen molar-refractivity contribution in [2.45, 2.75) is 13.5 Å². The maximum atomic E-state index is 5.45. The second kappa shape index (κ2) is 5.93. The third kappa shape index (κ3) is 2.83. The zero-order chi connectivity index (χ0) is 14.8. The first kappa shape index (κ1) is 14.2. The van der Waals surface area contributed by atoms with E-state index in [1.54, 1.807) is 7.11 Å². The molecule has 21 heavy (non-hydrogen) atoms. The molecule has 0 spiro atoms. The van der Waals surface area contributed by atoms with E-state index in [9.17, 15) is 0 Å². The Morgan fingerprint density at radius 3 is 2.67 bits per heavy atom. The van der Waals surface area contributed by atoms with Crippen LogP contribution in [0, 0.1) is 10.5 Å². The molecule has 3 aromatic rings. The topological polar surface area (TPSA) is 47.3 Å². The molecular weight excluding hydrogens is 379 g/mol. The first-order chi connectivity index (χ1) is 10.2. The molecular formula is C16H15IN2O2. The molecule has 0 saturated heterocycles. The normalized spacial score (nSPS) is 10.8. The Morgan fingerprint density at radius 1 is 1.19 bits per heavy atom. The van der Waals surface area contributed by atoms with Crippen LogP contribution >= 0.6 is 22.6 Å². The van der Waals surface area contributed by atoms with E-state index < -0.39 is 0 Å². The van der Waals surface area contributed by atoms with Crippen LogP contribution in [-0.4, -0.2) is 12.3 Å². The van der Waals surface area contributed by atoms with Crippen LogP contribution in [0.4, 0.5) is 5.82 Å². The van der Waals surface area contributed by atoms with Crippen molar-refractivity contribution in [3.8, 4) is 5.75 Å². The van der Waals surface area contributed by atoms with Gasteiger partial charge in [-0.15, -0.1) is 0 Å². The molecule has 1 heterocycles. The molecule has 0 aliphatic rings. The number of aryl methyl sites for hydroxylation is 1. The standard InChI is InChI=1S/C16H15IN2O2/c1-10-3-8-13-15(14(10)17)21-19-16(13)18-9-11-4-6-12(20-2)7-5-11/h3-8H,9H2,1-2H3,(H,18,19). The molecule has 0 fully saturated rings. The summed E-state index contributed by atoms with van der Waals surface area (Å²) in [7, 11) is 1.67. The lowest BCUT2D eigenvalue weighted by molar-refractivity contribution is 0.414. The highest BCUT2D eigenvalue weighted by atomic mass is 127. The van der Waals surface area contributed by atoms with E-state index in [2.05, 4.69) is 46.1 Å². The van der Waals surface area contributed by atoms with Crippen LogP contribution in [0.1, 0.15) is 11.1 Å². The molecule has 1 aromatic heterocycles. The minimum atomic E-state index is 0.691. The summed E-state index contributed by atoms with van der Waals surface area (Å²) in [6.45, 7) is 2.75. The number of hydrogen-bond donors (Lipinski definition) is 1. The fourth-order valence-corrected chi connectivity index (χ4v) is 2.70. The average Bonchev–Trinajstić information content (AvgIpc) is 2.93. The minimum Gasteiger partial charge on any atom is -0.497 e. The predicted molar refractivity (Wildman–Crippen MR) is 91.8 cm³/mol. The quantitative estimate of drug-likeness (QED) is 0.668. The van der Waals surface area contributed by atoms with Crippen molar-refractivity contribution in [3.05, 3.63) is 51.1 Å². The van der Waals surface area contributed by atoms with Crippen molar-refractivity contribution in [2.75, 3.05) is 12.4 Å². The SMILES string of the molecule is COc1ccc(CNc2noc3c(I)c(C)ccc23)cc1. The number of fused-ring (bicyclic) bond motifs is 1. The summed E-state index contributed by atoms with van der Waals surface area (Å²) in [6, 6.07) is 12.1. The monoisotopic (exact) mass is 394 g/mol. The first-order valence-corrected chi connectivity index (χ1v) is 7.68. The molecule has 0 atom stereocenters. The molecule has 0 aliphatic heterocycles. The molecule has 1 N–H and O–H groups in total. The van der Waals surface area contributed by atoms with E-state index in [0.29, 0.717) is 6.54 Å². The molecule has 0 aliphatic carbocycles. The fraction of sp³-hybridized carbons (Fsp3) is 0.188. The van der Waals surface area contributed by atoms with Gasteiger partial charge in [0.05, 0.1) is 16.1 Å². The van der Waals surface area contributed by atoms with Crippen molar-refractivity contribution in [1.82, 2.24) is 5.16 Å². The number of hydrogen-bond acceptors (Lipinski definition) is 4. The van der Waals surface area contributed by atoms with Gasteiger partial charge in [-0.05, 0) is 58.8 Å². The molecule has 2 aromatic carbocycles. The highest BCUT2D eigenvalue weighted by molar-refractivity contribution is 14.1. The second-order valence-corrected chi connectivity index (χ2v) is 5.88. The van der Waals surface area contributed by atoms with Gasteiger partial charge in [-0.3, -0.25) is 0 Å². The smallest absolute Gasteiger partial charge is 0.182 e. The molecule has 0 unspecified atom stereocenters. The second-order valence-electron chi connectivity index (χ2n) is 4.81. The van der Waals surface area contributed by atoms with Gasteiger partial charge in [-0.2, -0.15) is 0 Å². The lowest BCUT2D eigenvalue weighted by atomic mass is 10.2. The van der Waals surface area contributed by atoms with E-state index in [1.165, 1.54) is 5.56 Å². The Balaban J connectivity index is 1.80. The Kier molecular flexibility index (Phi) is 4.01. The summed E-state index contributed by atoms with van der Waals surface area (Å²) in [5, 5.41) is 8.46. The molecule has 0 amide bonds. The summed E-state index contributed by atoms with van der Waals surface area (Å²) in [5.74, 6) is 1.63. The van der Waals surface area contributed by atoms with E-state index >= 15 is 0 Å². The van der Waals surface area contributed by atoms with Crippen LogP contribution in [0.15, 0.2) is 40.9 Å². The Morgan fingerprint density at radius 2 is 1.95 bits per heavy atom. The van der Waals surface area contributed by atoms with Gasteiger partial charge in [0, 0.05) is 6.54 Å². The van der Waals surface area contributed by atoms with Gasteiger partial charge >= 0.3 is 0 Å². The molecule has 108 valence electrons. The number of nitrogens with one attached hydrogen (secondary N) is 1. The highest BCUT2D eigenvalue weighted by Crippen LogP contribution is 2.29. The number of ether oxygens (including phenoxy) is 1. The fourth-order valence-electron chi connectivity index (χ4n) is 2.13. The third-order valence-corrected chi connectivity index (χ3v) is 4.73. The highest BCUT2D eigenvalue weighted by Gasteiger charge is 2.12. The molecule has 0 saturated carbocycles. The van der Waals surface area contributed by atoms with Crippen LogP contribution in [-0.2, 0) is 6.54 Å². The first-order valence-electron chi connectivity index (χ1n) is 6.60. The summed E-state index contributed by atoms with van der Waals surface area (Å²) in [6.07, 6.45) is 0. The number of methoxy groups -OCH3 is 1. The van der Waals surface area contributed by atoms with Gasteiger partial charge in [0.2, 0.25) is 0 Å². The van der Waals surface area contributed by atoms with Crippen molar-refractivity contribution in [2.24, 2.45) is 0 Å². The van der Waals surface area contributed by atoms with E-state index in [0.717, 1.165) is 31.7 Å². The van der Waals surface area contributed by atoms with E-state index in [1.807, 2.05) is 30.3 Å². The van der Waals surface area contributed by atoms with Crippen LogP contribution in [0.25, 0.3) is 11.0 Å². The summed E-state index contributed by atoms with van der Waals surface area (Å²) >= 11 is 2.29. The van der Waals surface area contributed by atoms with Gasteiger partial charge in [0.15, 0.2) is 11.4 Å². The van der Waals surface area contributed by atoms with Crippen LogP contribution < -0.4 is 10.1 Å². The molecule has 3 rings (SSSR count).